The summed E-state index contributed by atoms with van der Waals surface area (Å²) < 4.78 is 13.3. The number of hydrogen-bond donors (Lipinski definition) is 1. The number of halogens is 1. The van der Waals surface area contributed by atoms with Gasteiger partial charge in [-0.2, -0.15) is 5.10 Å². The third kappa shape index (κ3) is 3.11. The molecule has 0 bridgehead atoms. The minimum absolute atomic E-state index is 0.0273. The third-order valence-electron chi connectivity index (χ3n) is 4.41. The lowest BCUT2D eigenvalue weighted by atomic mass is 9.98. The Morgan fingerprint density at radius 1 is 0.920 bits per heavy atom. The van der Waals surface area contributed by atoms with Gasteiger partial charge >= 0.3 is 0 Å². The lowest BCUT2D eigenvalue weighted by Gasteiger charge is -2.23. The molecule has 0 radical (unpaired) electrons. The maximum Gasteiger partial charge on any atom is 0.123 e. The molecule has 124 valence electrons. The normalized spacial score (nSPS) is 16.8. The van der Waals surface area contributed by atoms with Crippen LogP contribution in [0, 0.1) is 5.82 Å². The first kappa shape index (κ1) is 15.4. The summed E-state index contributed by atoms with van der Waals surface area (Å²) in [5.41, 5.74) is 10.7. The van der Waals surface area contributed by atoms with E-state index in [0.717, 1.165) is 34.6 Å². The van der Waals surface area contributed by atoms with Crippen LogP contribution in [0.2, 0.25) is 0 Å². The standard InChI is InChI=1S/C21H18FN3/c22-17-11-9-15(10-12-17)21-14-20(16-5-4-6-18(23)13-16)24-25(21)19-7-2-1-3-8-19/h1-13,21H,14,23H2. The van der Waals surface area contributed by atoms with Crippen molar-refractivity contribution in [1.29, 1.82) is 0 Å². The summed E-state index contributed by atoms with van der Waals surface area (Å²) in [4.78, 5) is 0. The van der Waals surface area contributed by atoms with E-state index in [0.29, 0.717) is 0 Å². The van der Waals surface area contributed by atoms with E-state index >= 15 is 0 Å². The molecule has 3 aromatic carbocycles. The molecule has 0 spiro atoms. The molecule has 4 rings (SSSR count). The SMILES string of the molecule is Nc1cccc(C2=NN(c3ccccc3)C(c3ccc(F)cc3)C2)c1. The van der Waals surface area contributed by atoms with Gasteiger partial charge in [0.05, 0.1) is 17.4 Å². The van der Waals surface area contributed by atoms with Gasteiger partial charge in [0, 0.05) is 12.1 Å². The van der Waals surface area contributed by atoms with E-state index in [4.69, 9.17) is 10.8 Å². The van der Waals surface area contributed by atoms with Gasteiger partial charge in [-0.15, -0.1) is 0 Å². The van der Waals surface area contributed by atoms with Gasteiger partial charge in [-0.25, -0.2) is 4.39 Å². The highest BCUT2D eigenvalue weighted by Crippen LogP contribution is 2.36. The molecule has 0 aromatic heterocycles. The number of nitrogens with two attached hydrogens (primary N) is 1. The highest BCUT2D eigenvalue weighted by molar-refractivity contribution is 6.03. The fourth-order valence-electron chi connectivity index (χ4n) is 3.17. The topological polar surface area (TPSA) is 41.6 Å². The Hall–Kier alpha value is -3.14. The predicted molar refractivity (Wildman–Crippen MR) is 100 cm³/mol. The zero-order valence-corrected chi connectivity index (χ0v) is 13.6. The van der Waals surface area contributed by atoms with Crippen LogP contribution in [0.4, 0.5) is 15.8 Å². The van der Waals surface area contributed by atoms with Crippen molar-refractivity contribution >= 4 is 17.1 Å². The van der Waals surface area contributed by atoms with Gasteiger partial charge in [0.1, 0.15) is 5.82 Å². The van der Waals surface area contributed by atoms with E-state index in [1.165, 1.54) is 12.1 Å². The predicted octanol–water partition coefficient (Wildman–Crippen LogP) is 4.76. The molecule has 0 aliphatic carbocycles. The van der Waals surface area contributed by atoms with Crippen LogP contribution >= 0.6 is 0 Å². The number of nitrogens with zero attached hydrogens (tertiary/aromatic N) is 2. The number of hydrogen-bond acceptors (Lipinski definition) is 3. The van der Waals surface area contributed by atoms with Crippen LogP contribution in [0.25, 0.3) is 0 Å². The smallest absolute Gasteiger partial charge is 0.123 e. The first-order valence-electron chi connectivity index (χ1n) is 8.24. The molecule has 1 aliphatic heterocycles. The molecule has 0 amide bonds. The number of anilines is 2. The van der Waals surface area contributed by atoms with E-state index in [2.05, 4.69) is 0 Å². The number of para-hydroxylation sites is 1. The average Bonchev–Trinajstić information content (AvgIpc) is 3.08. The molecule has 1 unspecified atom stereocenters. The molecule has 0 saturated heterocycles. The van der Waals surface area contributed by atoms with Gasteiger partial charge in [0.2, 0.25) is 0 Å². The molecule has 0 fully saturated rings. The van der Waals surface area contributed by atoms with Gasteiger partial charge in [-0.05, 0) is 47.5 Å². The highest BCUT2D eigenvalue weighted by Gasteiger charge is 2.29. The van der Waals surface area contributed by atoms with Crippen molar-refractivity contribution in [2.45, 2.75) is 12.5 Å². The van der Waals surface area contributed by atoms with Crippen molar-refractivity contribution in [2.75, 3.05) is 10.7 Å². The van der Waals surface area contributed by atoms with Crippen LogP contribution in [0.15, 0.2) is 84.0 Å². The molecule has 1 atom stereocenters. The molecule has 1 aliphatic rings. The summed E-state index contributed by atoms with van der Waals surface area (Å²) in [7, 11) is 0. The fourth-order valence-corrected chi connectivity index (χ4v) is 3.17. The van der Waals surface area contributed by atoms with Crippen molar-refractivity contribution in [3.05, 3.63) is 95.8 Å². The van der Waals surface area contributed by atoms with Crippen molar-refractivity contribution in [2.24, 2.45) is 5.10 Å². The largest absolute Gasteiger partial charge is 0.399 e. The Labute approximate surface area is 146 Å². The molecule has 0 saturated carbocycles. The van der Waals surface area contributed by atoms with Crippen LogP contribution < -0.4 is 10.7 Å². The molecule has 1 heterocycles. The minimum atomic E-state index is -0.231. The molecule has 4 heteroatoms. The molecule has 3 nitrogen and oxygen atoms in total. The van der Waals surface area contributed by atoms with Crippen LogP contribution in [-0.4, -0.2) is 5.71 Å². The molecule has 25 heavy (non-hydrogen) atoms. The van der Waals surface area contributed by atoms with Gasteiger partial charge in [0.25, 0.3) is 0 Å². The summed E-state index contributed by atoms with van der Waals surface area (Å²) in [6, 6.07) is 24.5. The fraction of sp³-hybridized carbons (Fsp3) is 0.0952. The van der Waals surface area contributed by atoms with Gasteiger partial charge in [-0.1, -0.05) is 42.5 Å². The van der Waals surface area contributed by atoms with E-state index < -0.39 is 0 Å². The second-order valence-corrected chi connectivity index (χ2v) is 6.12. The summed E-state index contributed by atoms with van der Waals surface area (Å²) in [6.45, 7) is 0. The second kappa shape index (κ2) is 6.40. The van der Waals surface area contributed by atoms with Gasteiger partial charge in [-0.3, -0.25) is 5.01 Å². The highest BCUT2D eigenvalue weighted by atomic mass is 19.1. The van der Waals surface area contributed by atoms with E-state index in [9.17, 15) is 4.39 Å². The third-order valence-corrected chi connectivity index (χ3v) is 4.41. The van der Waals surface area contributed by atoms with Crippen molar-refractivity contribution in [3.63, 3.8) is 0 Å². The molecule has 2 N–H and O–H groups in total. The zero-order valence-electron chi connectivity index (χ0n) is 13.6. The van der Waals surface area contributed by atoms with Crippen LogP contribution in [0.3, 0.4) is 0 Å². The van der Waals surface area contributed by atoms with Crippen LogP contribution in [-0.2, 0) is 0 Å². The van der Waals surface area contributed by atoms with Crippen molar-refractivity contribution in [3.8, 4) is 0 Å². The van der Waals surface area contributed by atoms with Crippen LogP contribution in [0.5, 0.6) is 0 Å². The monoisotopic (exact) mass is 331 g/mol. The molecular weight excluding hydrogens is 313 g/mol. The Morgan fingerprint density at radius 2 is 1.68 bits per heavy atom. The lowest BCUT2D eigenvalue weighted by Crippen LogP contribution is -2.18. The van der Waals surface area contributed by atoms with Crippen LogP contribution in [0.1, 0.15) is 23.6 Å². The maximum atomic E-state index is 13.3. The van der Waals surface area contributed by atoms with Crippen molar-refractivity contribution in [1.82, 2.24) is 0 Å². The van der Waals surface area contributed by atoms with E-state index in [1.807, 2.05) is 71.7 Å². The average molecular weight is 331 g/mol. The lowest BCUT2D eigenvalue weighted by molar-refractivity contribution is 0.624. The zero-order chi connectivity index (χ0) is 17.2. The quantitative estimate of drug-likeness (QED) is 0.703. The number of rotatable bonds is 3. The number of nitrogen functional groups attached to an aromatic ring is 1. The number of benzene rings is 3. The van der Waals surface area contributed by atoms with E-state index in [1.54, 1.807) is 0 Å². The first-order chi connectivity index (χ1) is 12.2. The second-order valence-electron chi connectivity index (χ2n) is 6.12. The molecular formula is C21H18FN3. The van der Waals surface area contributed by atoms with Crippen molar-refractivity contribution < 1.29 is 4.39 Å². The maximum absolute atomic E-state index is 13.3. The van der Waals surface area contributed by atoms with Gasteiger partial charge in [0.15, 0.2) is 0 Å². The summed E-state index contributed by atoms with van der Waals surface area (Å²) in [6.07, 6.45) is 0.740. The Morgan fingerprint density at radius 3 is 2.40 bits per heavy atom. The first-order valence-corrected chi connectivity index (χ1v) is 8.24. The summed E-state index contributed by atoms with van der Waals surface area (Å²) in [5.74, 6) is -0.231. The Kier molecular flexibility index (Phi) is 3.94. The van der Waals surface area contributed by atoms with Gasteiger partial charge < -0.3 is 5.73 Å². The number of hydrazone groups is 1. The summed E-state index contributed by atoms with van der Waals surface area (Å²) >= 11 is 0. The van der Waals surface area contributed by atoms with E-state index in [-0.39, 0.29) is 11.9 Å². The molecule has 3 aromatic rings. The Balaban J connectivity index is 1.75. The summed E-state index contributed by atoms with van der Waals surface area (Å²) in [5, 5.41) is 6.86. The minimum Gasteiger partial charge on any atom is -0.399 e. The Bertz CT molecular complexity index is 904.